The van der Waals surface area contributed by atoms with E-state index < -0.39 is 0 Å². The fraction of sp³-hybridized carbons (Fsp3) is 0.526. The van der Waals surface area contributed by atoms with Crippen LogP contribution in [-0.2, 0) is 20.9 Å². The van der Waals surface area contributed by atoms with E-state index in [0.29, 0.717) is 11.4 Å². The highest BCUT2D eigenvalue weighted by molar-refractivity contribution is 7.16. The van der Waals surface area contributed by atoms with Crippen molar-refractivity contribution in [2.45, 2.75) is 52.5 Å². The minimum Gasteiger partial charge on any atom is -0.465 e. The minimum absolute atomic E-state index is 0.0248. The quantitative estimate of drug-likeness (QED) is 0.783. The molecule has 25 heavy (non-hydrogen) atoms. The zero-order valence-corrected chi connectivity index (χ0v) is 15.6. The van der Waals surface area contributed by atoms with Gasteiger partial charge >= 0.3 is 5.97 Å². The van der Waals surface area contributed by atoms with Crippen LogP contribution in [0.15, 0.2) is 23.2 Å². The molecule has 1 aliphatic carbocycles. The number of carbonyl (C=O) groups is 2. The third-order valence-electron chi connectivity index (χ3n) is 4.59. The predicted octanol–water partition coefficient (Wildman–Crippen LogP) is 3.58. The molecule has 134 valence electrons. The number of carbonyl (C=O) groups excluding carboxylic acids is 2. The lowest BCUT2D eigenvalue weighted by molar-refractivity contribution is -0.143. The van der Waals surface area contributed by atoms with Gasteiger partial charge in [0, 0.05) is 5.92 Å². The molecule has 0 bridgehead atoms. The van der Waals surface area contributed by atoms with Gasteiger partial charge < -0.3 is 9.30 Å². The van der Waals surface area contributed by atoms with Crippen LogP contribution in [0.3, 0.4) is 0 Å². The van der Waals surface area contributed by atoms with Crippen molar-refractivity contribution in [2.24, 2.45) is 10.9 Å². The van der Waals surface area contributed by atoms with Crippen LogP contribution in [0.1, 0.15) is 44.6 Å². The summed E-state index contributed by atoms with van der Waals surface area (Å²) in [4.78, 5) is 29.6. The van der Waals surface area contributed by atoms with Gasteiger partial charge in [0.1, 0.15) is 6.54 Å². The first-order chi connectivity index (χ1) is 12.1. The van der Waals surface area contributed by atoms with Crippen molar-refractivity contribution in [1.82, 2.24) is 4.57 Å². The average Bonchev–Trinajstić information content (AvgIpc) is 2.92. The molecular weight excluding hydrogens is 336 g/mol. The van der Waals surface area contributed by atoms with E-state index in [-0.39, 0.29) is 24.3 Å². The van der Waals surface area contributed by atoms with Gasteiger partial charge in [0.2, 0.25) is 0 Å². The summed E-state index contributed by atoms with van der Waals surface area (Å²) in [7, 11) is 0. The first kappa shape index (κ1) is 17.9. The number of esters is 1. The summed E-state index contributed by atoms with van der Waals surface area (Å²) in [6, 6.07) is 6.04. The van der Waals surface area contributed by atoms with Gasteiger partial charge in [-0.3, -0.25) is 9.59 Å². The average molecular weight is 360 g/mol. The lowest BCUT2D eigenvalue weighted by Crippen LogP contribution is -2.25. The molecule has 5 nitrogen and oxygen atoms in total. The second kappa shape index (κ2) is 7.95. The van der Waals surface area contributed by atoms with Crippen LogP contribution in [0, 0.1) is 12.8 Å². The molecule has 1 heterocycles. The number of aromatic nitrogens is 1. The largest absolute Gasteiger partial charge is 0.465 e. The molecule has 0 unspecified atom stereocenters. The summed E-state index contributed by atoms with van der Waals surface area (Å²) in [5.41, 5.74) is 2.06. The molecule has 1 fully saturated rings. The van der Waals surface area contributed by atoms with Crippen LogP contribution in [0.4, 0.5) is 0 Å². The number of hydrogen-bond donors (Lipinski definition) is 0. The highest BCUT2D eigenvalue weighted by Crippen LogP contribution is 2.25. The molecule has 1 amide bonds. The molecule has 0 saturated heterocycles. The Labute approximate surface area is 151 Å². The van der Waals surface area contributed by atoms with Gasteiger partial charge in [-0.15, -0.1) is 0 Å². The first-order valence-corrected chi connectivity index (χ1v) is 9.74. The molecule has 1 saturated carbocycles. The summed E-state index contributed by atoms with van der Waals surface area (Å²) in [6.45, 7) is 4.23. The first-order valence-electron chi connectivity index (χ1n) is 8.92. The van der Waals surface area contributed by atoms with Gasteiger partial charge in [-0.05, 0) is 44.4 Å². The summed E-state index contributed by atoms with van der Waals surface area (Å²) in [6.07, 6.45) is 5.24. The van der Waals surface area contributed by atoms with Gasteiger partial charge in [0.05, 0.1) is 16.8 Å². The molecule has 0 spiro atoms. The number of hydrogen-bond acceptors (Lipinski definition) is 4. The maximum Gasteiger partial charge on any atom is 0.326 e. The summed E-state index contributed by atoms with van der Waals surface area (Å²) < 4.78 is 7.91. The summed E-state index contributed by atoms with van der Waals surface area (Å²) >= 11 is 1.46. The molecular formula is C19H24N2O3S. The van der Waals surface area contributed by atoms with Crippen molar-refractivity contribution in [1.29, 1.82) is 0 Å². The standard InChI is InChI=1S/C19H24N2O3S/c1-3-24-17(22)12-21-15-10-9-13(2)11-16(15)25-19(21)20-18(23)14-7-5-4-6-8-14/h9-11,14H,3-8,12H2,1-2H3. The molecule has 1 aliphatic rings. The zero-order chi connectivity index (χ0) is 17.8. The number of thiazole rings is 1. The Kier molecular flexibility index (Phi) is 5.68. The molecule has 0 atom stereocenters. The maximum absolute atomic E-state index is 12.6. The number of benzene rings is 1. The van der Waals surface area contributed by atoms with Gasteiger partial charge in [-0.25, -0.2) is 0 Å². The fourth-order valence-corrected chi connectivity index (χ4v) is 4.42. The molecule has 2 aromatic rings. The van der Waals surface area contributed by atoms with Gasteiger partial charge in [0.25, 0.3) is 5.91 Å². The molecule has 0 N–H and O–H groups in total. The van der Waals surface area contributed by atoms with E-state index in [1.807, 2.05) is 19.1 Å². The number of amides is 1. The Morgan fingerprint density at radius 2 is 2.04 bits per heavy atom. The van der Waals surface area contributed by atoms with Crippen molar-refractivity contribution < 1.29 is 14.3 Å². The zero-order valence-electron chi connectivity index (χ0n) is 14.8. The van der Waals surface area contributed by atoms with Crippen LogP contribution < -0.4 is 4.80 Å². The smallest absolute Gasteiger partial charge is 0.326 e. The van der Waals surface area contributed by atoms with E-state index in [2.05, 4.69) is 11.1 Å². The van der Waals surface area contributed by atoms with Gasteiger partial charge in [0.15, 0.2) is 4.80 Å². The predicted molar refractivity (Wildman–Crippen MR) is 98.3 cm³/mol. The third kappa shape index (κ3) is 4.18. The highest BCUT2D eigenvalue weighted by Gasteiger charge is 2.21. The van der Waals surface area contributed by atoms with E-state index in [1.165, 1.54) is 17.8 Å². The molecule has 0 aliphatic heterocycles. The topological polar surface area (TPSA) is 60.7 Å². The fourth-order valence-electron chi connectivity index (χ4n) is 3.29. The second-order valence-electron chi connectivity index (χ2n) is 6.53. The molecule has 6 heteroatoms. The Hall–Kier alpha value is -1.95. The second-order valence-corrected chi connectivity index (χ2v) is 7.54. The SMILES string of the molecule is CCOC(=O)Cn1c(=NC(=O)C2CCCCC2)sc2cc(C)ccc21. The number of rotatable bonds is 4. The Balaban J connectivity index is 2.01. The van der Waals surface area contributed by atoms with Crippen LogP contribution >= 0.6 is 11.3 Å². The molecule has 0 radical (unpaired) electrons. The normalized spacial score (nSPS) is 16.3. The van der Waals surface area contributed by atoms with Crippen molar-refractivity contribution in [3.05, 3.63) is 28.6 Å². The van der Waals surface area contributed by atoms with E-state index in [9.17, 15) is 9.59 Å². The Morgan fingerprint density at radius 1 is 1.28 bits per heavy atom. The summed E-state index contributed by atoms with van der Waals surface area (Å²) in [5.74, 6) is -0.341. The van der Waals surface area contributed by atoms with Crippen LogP contribution in [0.5, 0.6) is 0 Å². The van der Waals surface area contributed by atoms with Crippen molar-refractivity contribution in [3.8, 4) is 0 Å². The minimum atomic E-state index is -0.311. The van der Waals surface area contributed by atoms with Gasteiger partial charge in [-0.1, -0.05) is 36.7 Å². The number of ether oxygens (including phenoxy) is 1. The molecule has 1 aromatic carbocycles. The van der Waals surface area contributed by atoms with E-state index in [4.69, 9.17) is 4.74 Å². The lowest BCUT2D eigenvalue weighted by atomic mass is 9.89. The Bertz CT molecular complexity index is 844. The number of aryl methyl sites for hydroxylation is 1. The lowest BCUT2D eigenvalue weighted by Gasteiger charge is -2.17. The van der Waals surface area contributed by atoms with Crippen molar-refractivity contribution in [3.63, 3.8) is 0 Å². The third-order valence-corrected chi connectivity index (χ3v) is 5.63. The van der Waals surface area contributed by atoms with Crippen LogP contribution in [0.25, 0.3) is 10.2 Å². The molecule has 1 aromatic heterocycles. The van der Waals surface area contributed by atoms with Crippen LogP contribution in [-0.4, -0.2) is 23.1 Å². The van der Waals surface area contributed by atoms with Crippen molar-refractivity contribution >= 4 is 33.4 Å². The number of nitrogens with zero attached hydrogens (tertiary/aromatic N) is 2. The van der Waals surface area contributed by atoms with Crippen LogP contribution in [0.2, 0.25) is 0 Å². The summed E-state index contributed by atoms with van der Waals surface area (Å²) in [5, 5.41) is 0. The Morgan fingerprint density at radius 3 is 2.76 bits per heavy atom. The highest BCUT2D eigenvalue weighted by atomic mass is 32.1. The monoisotopic (exact) mass is 360 g/mol. The maximum atomic E-state index is 12.6. The van der Waals surface area contributed by atoms with E-state index in [0.717, 1.165) is 41.5 Å². The number of fused-ring (bicyclic) bond motifs is 1. The van der Waals surface area contributed by atoms with Gasteiger partial charge in [-0.2, -0.15) is 4.99 Å². The van der Waals surface area contributed by atoms with E-state index >= 15 is 0 Å². The van der Waals surface area contributed by atoms with Crippen molar-refractivity contribution in [2.75, 3.05) is 6.61 Å². The molecule has 3 rings (SSSR count). The van der Waals surface area contributed by atoms with E-state index in [1.54, 1.807) is 11.5 Å².